The molecule has 0 saturated heterocycles. The summed E-state index contributed by atoms with van der Waals surface area (Å²) in [7, 11) is 4.41. The molecule has 0 radical (unpaired) electrons. The Morgan fingerprint density at radius 1 is 1.07 bits per heavy atom. The molecule has 9 heteroatoms. The number of nitrogens with zero attached hydrogens (tertiary/aromatic N) is 2. The highest BCUT2D eigenvalue weighted by atomic mass is 32.2. The fourth-order valence-corrected chi connectivity index (χ4v) is 4.36. The van der Waals surface area contributed by atoms with E-state index in [0.29, 0.717) is 21.8 Å². The van der Waals surface area contributed by atoms with Crippen LogP contribution in [0.1, 0.15) is 5.56 Å². The molecule has 3 rings (SSSR count). The second kappa shape index (κ2) is 9.82. The van der Waals surface area contributed by atoms with Gasteiger partial charge in [-0.1, -0.05) is 23.5 Å². The fraction of sp³-hybridized carbons (Fsp3) is 0.286. The summed E-state index contributed by atoms with van der Waals surface area (Å²) in [6, 6.07) is 11.4. The number of ether oxygens (including phenoxy) is 3. The lowest BCUT2D eigenvalue weighted by Gasteiger charge is -2.09. The van der Waals surface area contributed by atoms with Crippen LogP contribution in [0, 0.1) is 0 Å². The molecule has 0 aliphatic carbocycles. The van der Waals surface area contributed by atoms with E-state index >= 15 is 0 Å². The lowest BCUT2D eigenvalue weighted by Crippen LogP contribution is -2.22. The second-order valence-corrected chi connectivity index (χ2v) is 8.14. The molecule has 0 aliphatic rings. The first-order valence-electron chi connectivity index (χ1n) is 9.01. The van der Waals surface area contributed by atoms with Crippen molar-refractivity contribution in [2.24, 2.45) is 4.99 Å². The number of esters is 1. The molecule has 0 N–H and O–H groups in total. The topological polar surface area (TPSA) is 79.1 Å². The van der Waals surface area contributed by atoms with E-state index in [1.165, 1.54) is 25.6 Å². The van der Waals surface area contributed by atoms with E-state index in [2.05, 4.69) is 4.99 Å². The Bertz CT molecular complexity index is 1130. The first-order chi connectivity index (χ1) is 14.5. The summed E-state index contributed by atoms with van der Waals surface area (Å²) in [6.07, 6.45) is 2.18. The van der Waals surface area contributed by atoms with E-state index in [1.807, 2.05) is 30.5 Å². The van der Waals surface area contributed by atoms with Crippen molar-refractivity contribution >= 4 is 45.2 Å². The number of amides is 1. The third-order valence-corrected chi connectivity index (χ3v) is 6.22. The molecule has 0 spiro atoms. The van der Waals surface area contributed by atoms with Crippen LogP contribution in [-0.4, -0.2) is 44.0 Å². The van der Waals surface area contributed by atoms with Gasteiger partial charge < -0.3 is 18.8 Å². The largest absolute Gasteiger partial charge is 0.493 e. The van der Waals surface area contributed by atoms with Crippen LogP contribution in [0.3, 0.4) is 0 Å². The van der Waals surface area contributed by atoms with E-state index in [0.717, 1.165) is 15.2 Å². The van der Waals surface area contributed by atoms with Gasteiger partial charge in [0.05, 0.1) is 38.0 Å². The molecule has 1 aromatic heterocycles. The molecule has 0 atom stereocenters. The fourth-order valence-electron chi connectivity index (χ4n) is 2.89. The molecule has 0 saturated carbocycles. The Kier molecular flexibility index (Phi) is 7.17. The van der Waals surface area contributed by atoms with Crippen molar-refractivity contribution in [3.63, 3.8) is 0 Å². The van der Waals surface area contributed by atoms with Gasteiger partial charge in [0.1, 0.15) is 6.54 Å². The van der Waals surface area contributed by atoms with E-state index in [1.54, 1.807) is 35.6 Å². The molecule has 1 amide bonds. The molecule has 158 valence electrons. The number of hydrogen-bond acceptors (Lipinski definition) is 7. The van der Waals surface area contributed by atoms with Gasteiger partial charge in [0, 0.05) is 17.0 Å². The molecule has 30 heavy (non-hydrogen) atoms. The van der Waals surface area contributed by atoms with Gasteiger partial charge in [-0.05, 0) is 24.0 Å². The van der Waals surface area contributed by atoms with Crippen molar-refractivity contribution in [1.29, 1.82) is 0 Å². The maximum Gasteiger partial charge on any atom is 0.325 e. The summed E-state index contributed by atoms with van der Waals surface area (Å²) < 4.78 is 18.0. The quantitative estimate of drug-likeness (QED) is 0.409. The summed E-state index contributed by atoms with van der Waals surface area (Å²) in [5.41, 5.74) is 1.59. The molecular formula is C21H22N2O5S2. The molecule has 0 fully saturated rings. The highest BCUT2D eigenvalue weighted by molar-refractivity contribution is 7.98. The highest BCUT2D eigenvalue weighted by Crippen LogP contribution is 2.33. The molecule has 0 unspecified atom stereocenters. The third-order valence-electron chi connectivity index (χ3n) is 4.44. The van der Waals surface area contributed by atoms with Crippen LogP contribution in [-0.2, 0) is 27.3 Å². The van der Waals surface area contributed by atoms with E-state index < -0.39 is 5.97 Å². The minimum atomic E-state index is -0.439. The Morgan fingerprint density at radius 2 is 1.73 bits per heavy atom. The summed E-state index contributed by atoms with van der Waals surface area (Å²) in [4.78, 5) is 30.4. The maximum atomic E-state index is 12.6. The van der Waals surface area contributed by atoms with Gasteiger partial charge in [0.25, 0.3) is 5.91 Å². The molecular weight excluding hydrogens is 424 g/mol. The Hall–Kier alpha value is -2.78. The third kappa shape index (κ3) is 4.85. The van der Waals surface area contributed by atoms with E-state index in [4.69, 9.17) is 14.2 Å². The zero-order valence-corrected chi connectivity index (χ0v) is 18.8. The maximum absolute atomic E-state index is 12.6. The van der Waals surface area contributed by atoms with Crippen LogP contribution in [0.4, 0.5) is 0 Å². The van der Waals surface area contributed by atoms with Gasteiger partial charge in [-0.15, -0.1) is 11.8 Å². The SMILES string of the molecule is COC(=O)Cn1c(=NC(=O)Cc2ccc(SC)cc2)sc2cc(OC)c(OC)cc21. The van der Waals surface area contributed by atoms with Crippen LogP contribution in [0.2, 0.25) is 0 Å². The summed E-state index contributed by atoms with van der Waals surface area (Å²) in [5, 5.41) is 0. The van der Waals surface area contributed by atoms with Crippen LogP contribution in [0.15, 0.2) is 46.3 Å². The van der Waals surface area contributed by atoms with Gasteiger partial charge in [0.2, 0.25) is 0 Å². The zero-order valence-electron chi connectivity index (χ0n) is 17.1. The standard InChI is InChI=1S/C21H22N2O5S2/c1-26-16-10-15-18(11-17(16)27-2)30-21(23(15)12-20(25)28-3)22-19(24)9-13-5-7-14(29-4)8-6-13/h5-8,10-11H,9,12H2,1-4H3. The number of carbonyl (C=O) groups is 2. The number of hydrogen-bond donors (Lipinski definition) is 0. The van der Waals surface area contributed by atoms with Gasteiger partial charge in [-0.3, -0.25) is 9.59 Å². The molecule has 7 nitrogen and oxygen atoms in total. The smallest absolute Gasteiger partial charge is 0.325 e. The molecule has 0 bridgehead atoms. The van der Waals surface area contributed by atoms with Gasteiger partial charge >= 0.3 is 5.97 Å². The van der Waals surface area contributed by atoms with Gasteiger partial charge in [-0.25, -0.2) is 0 Å². The molecule has 2 aromatic carbocycles. The monoisotopic (exact) mass is 446 g/mol. The zero-order chi connectivity index (χ0) is 21.7. The number of thiazole rings is 1. The number of benzene rings is 2. The lowest BCUT2D eigenvalue weighted by molar-refractivity contribution is -0.141. The van der Waals surface area contributed by atoms with Crippen LogP contribution in [0.5, 0.6) is 11.5 Å². The minimum Gasteiger partial charge on any atom is -0.493 e. The Labute approximate surface area is 182 Å². The number of thioether (sulfide) groups is 1. The van der Waals surface area contributed by atoms with Crippen molar-refractivity contribution in [3.05, 3.63) is 46.8 Å². The number of fused-ring (bicyclic) bond motifs is 1. The number of carbonyl (C=O) groups excluding carboxylic acids is 2. The van der Waals surface area contributed by atoms with Gasteiger partial charge in [0.15, 0.2) is 16.3 Å². The van der Waals surface area contributed by atoms with Crippen LogP contribution in [0.25, 0.3) is 10.2 Å². The van der Waals surface area contributed by atoms with Gasteiger partial charge in [-0.2, -0.15) is 4.99 Å². The first kappa shape index (κ1) is 21.9. The summed E-state index contributed by atoms with van der Waals surface area (Å²) in [6.45, 7) is -0.0689. The predicted octanol–water partition coefficient (Wildman–Crippen LogP) is 3.28. The van der Waals surface area contributed by atoms with E-state index in [9.17, 15) is 9.59 Å². The number of rotatable bonds is 7. The highest BCUT2D eigenvalue weighted by Gasteiger charge is 2.15. The summed E-state index contributed by atoms with van der Waals surface area (Å²) >= 11 is 2.94. The summed E-state index contributed by atoms with van der Waals surface area (Å²) in [5.74, 6) is 0.346. The first-order valence-corrected chi connectivity index (χ1v) is 11.1. The predicted molar refractivity (Wildman–Crippen MR) is 117 cm³/mol. The lowest BCUT2D eigenvalue weighted by atomic mass is 10.1. The van der Waals surface area contributed by atoms with Crippen molar-refractivity contribution in [3.8, 4) is 11.5 Å². The number of methoxy groups -OCH3 is 3. The minimum absolute atomic E-state index is 0.0689. The molecule has 1 heterocycles. The Morgan fingerprint density at radius 3 is 2.33 bits per heavy atom. The molecule has 0 aliphatic heterocycles. The van der Waals surface area contributed by atoms with Crippen LogP contribution < -0.4 is 14.3 Å². The van der Waals surface area contributed by atoms with Crippen molar-refractivity contribution in [1.82, 2.24) is 4.57 Å². The second-order valence-electron chi connectivity index (χ2n) is 6.25. The Balaban J connectivity index is 2.04. The van der Waals surface area contributed by atoms with Crippen molar-refractivity contribution < 1.29 is 23.8 Å². The van der Waals surface area contributed by atoms with Crippen molar-refractivity contribution in [2.45, 2.75) is 17.9 Å². The van der Waals surface area contributed by atoms with E-state index in [-0.39, 0.29) is 18.9 Å². The average molecular weight is 447 g/mol. The normalized spacial score (nSPS) is 11.5. The van der Waals surface area contributed by atoms with Crippen LogP contribution >= 0.6 is 23.1 Å². The van der Waals surface area contributed by atoms with Crippen molar-refractivity contribution in [2.75, 3.05) is 27.6 Å². The number of aromatic nitrogens is 1. The molecule has 3 aromatic rings. The average Bonchev–Trinajstić information content (AvgIpc) is 3.08.